The van der Waals surface area contributed by atoms with Gasteiger partial charge in [-0.15, -0.1) is 4.40 Å². The van der Waals surface area contributed by atoms with E-state index in [0.717, 1.165) is 11.1 Å². The third kappa shape index (κ3) is 2.69. The Morgan fingerprint density at radius 1 is 1.20 bits per heavy atom. The van der Waals surface area contributed by atoms with Gasteiger partial charge in [0.2, 0.25) is 5.96 Å². The summed E-state index contributed by atoms with van der Waals surface area (Å²) in [7, 11) is -3.76. The van der Waals surface area contributed by atoms with Crippen LogP contribution in [0.5, 0.6) is 0 Å². The number of guanidine groups is 1. The average Bonchev–Trinajstić information content (AvgIpc) is 2.07. The van der Waals surface area contributed by atoms with Gasteiger partial charge in [-0.05, 0) is 37.1 Å². The molecule has 4 N–H and O–H groups in total. The van der Waals surface area contributed by atoms with Crippen molar-refractivity contribution in [2.45, 2.75) is 18.7 Å². The molecule has 0 atom stereocenters. The van der Waals surface area contributed by atoms with Crippen LogP contribution in [0.1, 0.15) is 11.1 Å². The molecule has 15 heavy (non-hydrogen) atoms. The molecule has 0 aliphatic heterocycles. The van der Waals surface area contributed by atoms with Gasteiger partial charge >= 0.3 is 0 Å². The van der Waals surface area contributed by atoms with Crippen LogP contribution in [0.4, 0.5) is 0 Å². The third-order valence-electron chi connectivity index (χ3n) is 2.00. The van der Waals surface area contributed by atoms with Crippen molar-refractivity contribution >= 4 is 16.0 Å². The summed E-state index contributed by atoms with van der Waals surface area (Å²) in [5, 5.41) is 0. The minimum atomic E-state index is -3.76. The summed E-state index contributed by atoms with van der Waals surface area (Å²) in [4.78, 5) is 0.0963. The molecule has 0 heterocycles. The maximum atomic E-state index is 11.6. The van der Waals surface area contributed by atoms with E-state index < -0.39 is 16.0 Å². The Balaban J connectivity index is 3.29. The largest absolute Gasteiger partial charge is 0.369 e. The molecule has 0 spiro atoms. The van der Waals surface area contributed by atoms with Crippen molar-refractivity contribution in [3.05, 3.63) is 29.3 Å². The first-order valence-electron chi connectivity index (χ1n) is 4.26. The van der Waals surface area contributed by atoms with E-state index in [0.29, 0.717) is 0 Å². The third-order valence-corrected chi connectivity index (χ3v) is 3.30. The van der Waals surface area contributed by atoms with Crippen molar-refractivity contribution in [3.63, 3.8) is 0 Å². The SMILES string of the molecule is Cc1ccc(S(=O)(=O)N=C(N)N)cc1C. The van der Waals surface area contributed by atoms with E-state index in [9.17, 15) is 8.42 Å². The zero-order valence-electron chi connectivity index (χ0n) is 8.56. The highest BCUT2D eigenvalue weighted by atomic mass is 32.2. The van der Waals surface area contributed by atoms with Crippen molar-refractivity contribution in [3.8, 4) is 0 Å². The Bertz CT molecular complexity index is 502. The Hall–Kier alpha value is -1.56. The number of hydrogen-bond donors (Lipinski definition) is 2. The van der Waals surface area contributed by atoms with Crippen LogP contribution in [0, 0.1) is 13.8 Å². The van der Waals surface area contributed by atoms with Crippen molar-refractivity contribution in [2.75, 3.05) is 0 Å². The van der Waals surface area contributed by atoms with Crippen molar-refractivity contribution < 1.29 is 8.42 Å². The van der Waals surface area contributed by atoms with Gasteiger partial charge in [0, 0.05) is 0 Å². The average molecular weight is 227 g/mol. The molecule has 6 heteroatoms. The molecule has 0 unspecified atom stereocenters. The van der Waals surface area contributed by atoms with Crippen LogP contribution in [-0.4, -0.2) is 14.4 Å². The van der Waals surface area contributed by atoms with E-state index in [4.69, 9.17) is 11.5 Å². The Morgan fingerprint density at radius 2 is 1.80 bits per heavy atom. The lowest BCUT2D eigenvalue weighted by atomic mass is 10.1. The Morgan fingerprint density at radius 3 is 2.27 bits per heavy atom. The second-order valence-electron chi connectivity index (χ2n) is 3.24. The van der Waals surface area contributed by atoms with Gasteiger partial charge in [0.05, 0.1) is 4.90 Å². The van der Waals surface area contributed by atoms with E-state index >= 15 is 0 Å². The first-order valence-corrected chi connectivity index (χ1v) is 5.70. The quantitative estimate of drug-likeness (QED) is 0.559. The highest BCUT2D eigenvalue weighted by Crippen LogP contribution is 2.16. The molecule has 0 aliphatic rings. The van der Waals surface area contributed by atoms with Gasteiger partial charge < -0.3 is 11.5 Å². The Labute approximate surface area is 88.9 Å². The molecule has 5 nitrogen and oxygen atoms in total. The number of aryl methyl sites for hydroxylation is 2. The van der Waals surface area contributed by atoms with E-state index in [2.05, 4.69) is 4.40 Å². The lowest BCUT2D eigenvalue weighted by Gasteiger charge is -2.03. The molecule has 0 saturated heterocycles. The van der Waals surface area contributed by atoms with Gasteiger partial charge in [-0.25, -0.2) is 0 Å². The smallest absolute Gasteiger partial charge is 0.285 e. The maximum Gasteiger partial charge on any atom is 0.285 e. The fraction of sp³-hybridized carbons (Fsp3) is 0.222. The number of rotatable bonds is 2. The van der Waals surface area contributed by atoms with Gasteiger partial charge in [0.15, 0.2) is 0 Å². The standard InChI is InChI=1S/C9H13N3O2S/c1-6-3-4-8(5-7(6)2)15(13,14)12-9(10)11/h3-5H,1-2H3,(H4,10,11,12). The molecule has 0 radical (unpaired) electrons. The predicted octanol–water partition coefficient (Wildman–Crippen LogP) is 0.266. The summed E-state index contributed by atoms with van der Waals surface area (Å²) in [6.07, 6.45) is 0. The molecule has 0 fully saturated rings. The minimum Gasteiger partial charge on any atom is -0.369 e. The molecule has 1 aromatic rings. The molecule has 0 aliphatic carbocycles. The second kappa shape index (κ2) is 3.90. The predicted molar refractivity (Wildman–Crippen MR) is 58.9 cm³/mol. The molecule has 0 saturated carbocycles. The number of benzene rings is 1. The van der Waals surface area contributed by atoms with E-state index in [1.54, 1.807) is 6.07 Å². The van der Waals surface area contributed by atoms with Crippen molar-refractivity contribution in [1.82, 2.24) is 0 Å². The molecular weight excluding hydrogens is 214 g/mol. The number of sulfonamides is 1. The van der Waals surface area contributed by atoms with Crippen molar-refractivity contribution in [2.24, 2.45) is 15.9 Å². The normalized spacial score (nSPS) is 11.1. The summed E-state index contributed by atoms with van der Waals surface area (Å²) in [5.41, 5.74) is 12.0. The van der Waals surface area contributed by atoms with Gasteiger partial charge in [0.25, 0.3) is 10.0 Å². The number of hydrogen-bond acceptors (Lipinski definition) is 2. The van der Waals surface area contributed by atoms with E-state index in [-0.39, 0.29) is 4.90 Å². The molecule has 82 valence electrons. The van der Waals surface area contributed by atoms with Crippen LogP contribution in [0.25, 0.3) is 0 Å². The summed E-state index contributed by atoms with van der Waals surface area (Å²) in [6, 6.07) is 4.73. The van der Waals surface area contributed by atoms with Crippen LogP contribution in [0.15, 0.2) is 27.5 Å². The summed E-state index contributed by atoms with van der Waals surface area (Å²) in [5.74, 6) is -0.465. The van der Waals surface area contributed by atoms with Crippen LogP contribution >= 0.6 is 0 Å². The number of nitrogens with zero attached hydrogens (tertiary/aromatic N) is 1. The van der Waals surface area contributed by atoms with E-state index in [1.165, 1.54) is 12.1 Å². The van der Waals surface area contributed by atoms with Gasteiger partial charge in [-0.2, -0.15) is 8.42 Å². The second-order valence-corrected chi connectivity index (χ2v) is 4.84. The molecule has 0 aromatic heterocycles. The highest BCUT2D eigenvalue weighted by Gasteiger charge is 2.13. The highest BCUT2D eigenvalue weighted by molar-refractivity contribution is 7.90. The molecular formula is C9H13N3O2S. The summed E-state index contributed by atoms with van der Waals surface area (Å²) in [6.45, 7) is 3.72. The maximum absolute atomic E-state index is 11.6. The molecule has 1 rings (SSSR count). The van der Waals surface area contributed by atoms with Crippen LogP contribution in [0.2, 0.25) is 0 Å². The first-order chi connectivity index (χ1) is 6.83. The Kier molecular flexibility index (Phi) is 2.99. The zero-order chi connectivity index (χ0) is 11.6. The van der Waals surface area contributed by atoms with Crippen molar-refractivity contribution in [1.29, 1.82) is 0 Å². The molecule has 1 aromatic carbocycles. The fourth-order valence-corrected chi connectivity index (χ4v) is 2.01. The fourth-order valence-electron chi connectivity index (χ4n) is 1.07. The lowest BCUT2D eigenvalue weighted by Crippen LogP contribution is -2.24. The van der Waals surface area contributed by atoms with Gasteiger partial charge in [0.1, 0.15) is 0 Å². The summed E-state index contributed by atoms with van der Waals surface area (Å²) >= 11 is 0. The van der Waals surface area contributed by atoms with Gasteiger partial charge in [-0.3, -0.25) is 0 Å². The van der Waals surface area contributed by atoms with Crippen LogP contribution in [-0.2, 0) is 10.0 Å². The monoisotopic (exact) mass is 227 g/mol. The van der Waals surface area contributed by atoms with E-state index in [1.807, 2.05) is 13.8 Å². The number of nitrogens with two attached hydrogens (primary N) is 2. The van der Waals surface area contributed by atoms with Crippen LogP contribution < -0.4 is 11.5 Å². The van der Waals surface area contributed by atoms with Crippen LogP contribution in [0.3, 0.4) is 0 Å². The first kappa shape index (κ1) is 11.5. The lowest BCUT2D eigenvalue weighted by molar-refractivity contribution is 0.598. The zero-order valence-corrected chi connectivity index (χ0v) is 9.38. The summed E-state index contributed by atoms with van der Waals surface area (Å²) < 4.78 is 26.3. The molecule has 0 amide bonds. The topological polar surface area (TPSA) is 98.5 Å². The molecule has 0 bridgehead atoms. The minimum absolute atomic E-state index is 0.0963. The van der Waals surface area contributed by atoms with Gasteiger partial charge in [-0.1, -0.05) is 6.07 Å².